The minimum absolute atomic E-state index is 0.0245. The molecule has 0 aromatic rings. The van der Waals surface area contributed by atoms with Gasteiger partial charge in [-0.05, 0) is 25.2 Å². The van der Waals surface area contributed by atoms with Crippen LogP contribution < -0.4 is 11.1 Å². The second-order valence-corrected chi connectivity index (χ2v) is 4.42. The van der Waals surface area contributed by atoms with Crippen molar-refractivity contribution in [3.05, 3.63) is 0 Å². The van der Waals surface area contributed by atoms with Gasteiger partial charge in [-0.25, -0.2) is 0 Å². The van der Waals surface area contributed by atoms with E-state index >= 15 is 0 Å². The number of rotatable bonds is 5. The summed E-state index contributed by atoms with van der Waals surface area (Å²) in [7, 11) is 0. The standard InChI is InChI=1S/C10H20N2O/c1-8(2)7-10(3-4-10)9(13)12-6-5-11/h8H,3-7,11H2,1-2H3,(H,12,13). The van der Waals surface area contributed by atoms with E-state index in [0.29, 0.717) is 19.0 Å². The quantitative estimate of drug-likeness (QED) is 0.666. The summed E-state index contributed by atoms with van der Waals surface area (Å²) in [6, 6.07) is 0. The Labute approximate surface area is 80.1 Å². The minimum Gasteiger partial charge on any atom is -0.354 e. The number of hydrogen-bond acceptors (Lipinski definition) is 2. The van der Waals surface area contributed by atoms with Crippen molar-refractivity contribution in [2.45, 2.75) is 33.1 Å². The molecule has 13 heavy (non-hydrogen) atoms. The van der Waals surface area contributed by atoms with E-state index in [1.807, 2.05) is 0 Å². The van der Waals surface area contributed by atoms with Gasteiger partial charge < -0.3 is 11.1 Å². The molecule has 3 N–H and O–H groups in total. The lowest BCUT2D eigenvalue weighted by molar-refractivity contribution is -0.126. The van der Waals surface area contributed by atoms with E-state index in [2.05, 4.69) is 19.2 Å². The molecule has 0 bridgehead atoms. The van der Waals surface area contributed by atoms with E-state index in [1.165, 1.54) is 0 Å². The summed E-state index contributed by atoms with van der Waals surface area (Å²) in [5.74, 6) is 0.817. The lowest BCUT2D eigenvalue weighted by Crippen LogP contribution is -2.36. The highest BCUT2D eigenvalue weighted by Crippen LogP contribution is 2.50. The molecule has 0 atom stereocenters. The molecular weight excluding hydrogens is 164 g/mol. The van der Waals surface area contributed by atoms with Gasteiger partial charge in [-0.3, -0.25) is 4.79 Å². The second-order valence-electron chi connectivity index (χ2n) is 4.42. The largest absolute Gasteiger partial charge is 0.354 e. The van der Waals surface area contributed by atoms with Gasteiger partial charge in [0, 0.05) is 18.5 Å². The smallest absolute Gasteiger partial charge is 0.226 e. The average molecular weight is 184 g/mol. The predicted molar refractivity (Wildman–Crippen MR) is 53.2 cm³/mol. The van der Waals surface area contributed by atoms with Crippen LogP contribution in [0.2, 0.25) is 0 Å². The van der Waals surface area contributed by atoms with Gasteiger partial charge in [0.25, 0.3) is 0 Å². The fraction of sp³-hybridized carbons (Fsp3) is 0.900. The minimum atomic E-state index is -0.0245. The van der Waals surface area contributed by atoms with Crippen LogP contribution in [-0.4, -0.2) is 19.0 Å². The molecule has 1 saturated carbocycles. The Bertz CT molecular complexity index is 185. The van der Waals surface area contributed by atoms with Crippen molar-refractivity contribution in [2.75, 3.05) is 13.1 Å². The van der Waals surface area contributed by atoms with Gasteiger partial charge in [-0.15, -0.1) is 0 Å². The van der Waals surface area contributed by atoms with Crippen LogP contribution >= 0.6 is 0 Å². The van der Waals surface area contributed by atoms with Gasteiger partial charge >= 0.3 is 0 Å². The van der Waals surface area contributed by atoms with Gasteiger partial charge in [0.2, 0.25) is 5.91 Å². The molecule has 1 aliphatic carbocycles. The van der Waals surface area contributed by atoms with Gasteiger partial charge in [-0.2, -0.15) is 0 Å². The van der Waals surface area contributed by atoms with Crippen LogP contribution in [0.5, 0.6) is 0 Å². The summed E-state index contributed by atoms with van der Waals surface area (Å²) < 4.78 is 0. The number of hydrogen-bond donors (Lipinski definition) is 2. The van der Waals surface area contributed by atoms with Crippen LogP contribution in [0.4, 0.5) is 0 Å². The van der Waals surface area contributed by atoms with Crippen molar-refractivity contribution in [1.82, 2.24) is 5.32 Å². The zero-order valence-electron chi connectivity index (χ0n) is 8.60. The molecule has 0 radical (unpaired) electrons. The molecule has 0 spiro atoms. The highest BCUT2D eigenvalue weighted by molar-refractivity contribution is 5.85. The summed E-state index contributed by atoms with van der Waals surface area (Å²) in [5.41, 5.74) is 5.30. The van der Waals surface area contributed by atoms with Crippen molar-refractivity contribution >= 4 is 5.91 Å². The maximum Gasteiger partial charge on any atom is 0.226 e. The summed E-state index contributed by atoms with van der Waals surface area (Å²) in [4.78, 5) is 11.7. The van der Waals surface area contributed by atoms with E-state index in [4.69, 9.17) is 5.73 Å². The molecule has 3 nitrogen and oxygen atoms in total. The van der Waals surface area contributed by atoms with Crippen molar-refractivity contribution in [1.29, 1.82) is 0 Å². The first-order valence-electron chi connectivity index (χ1n) is 5.09. The predicted octanol–water partition coefficient (Wildman–Crippen LogP) is 0.888. The Balaban J connectivity index is 2.36. The van der Waals surface area contributed by atoms with Gasteiger partial charge in [0.15, 0.2) is 0 Å². The number of amides is 1. The fourth-order valence-corrected chi connectivity index (χ4v) is 1.83. The summed E-state index contributed by atoms with van der Waals surface area (Å²) in [6.07, 6.45) is 3.13. The Morgan fingerprint density at radius 1 is 1.54 bits per heavy atom. The summed E-state index contributed by atoms with van der Waals surface area (Å²) in [6.45, 7) is 5.47. The molecule has 0 heterocycles. The first-order chi connectivity index (χ1) is 6.10. The summed E-state index contributed by atoms with van der Waals surface area (Å²) >= 11 is 0. The normalized spacial score (nSPS) is 18.8. The third-order valence-corrected chi connectivity index (χ3v) is 2.56. The Morgan fingerprint density at radius 3 is 2.54 bits per heavy atom. The fourth-order valence-electron chi connectivity index (χ4n) is 1.83. The molecule has 76 valence electrons. The number of carbonyl (C=O) groups is 1. The van der Waals surface area contributed by atoms with Crippen molar-refractivity contribution < 1.29 is 4.79 Å². The van der Waals surface area contributed by atoms with Crippen molar-refractivity contribution in [3.8, 4) is 0 Å². The Morgan fingerprint density at radius 2 is 2.15 bits per heavy atom. The van der Waals surface area contributed by atoms with Crippen LogP contribution in [0, 0.1) is 11.3 Å². The third kappa shape index (κ3) is 2.69. The highest BCUT2D eigenvalue weighted by atomic mass is 16.2. The Hall–Kier alpha value is -0.570. The van der Waals surface area contributed by atoms with E-state index in [9.17, 15) is 4.79 Å². The number of nitrogens with one attached hydrogen (secondary N) is 1. The van der Waals surface area contributed by atoms with Crippen LogP contribution in [-0.2, 0) is 4.79 Å². The first-order valence-corrected chi connectivity index (χ1v) is 5.09. The Kier molecular flexibility index (Phi) is 3.31. The molecule has 1 rings (SSSR count). The van der Waals surface area contributed by atoms with Gasteiger partial charge in [0.05, 0.1) is 0 Å². The molecule has 0 unspecified atom stereocenters. The maximum atomic E-state index is 11.7. The SMILES string of the molecule is CC(C)CC1(C(=O)NCCN)CC1. The molecule has 1 aliphatic rings. The zero-order valence-corrected chi connectivity index (χ0v) is 8.60. The monoisotopic (exact) mass is 184 g/mol. The highest BCUT2D eigenvalue weighted by Gasteiger charge is 2.49. The van der Waals surface area contributed by atoms with E-state index in [0.717, 1.165) is 19.3 Å². The van der Waals surface area contributed by atoms with Crippen molar-refractivity contribution in [3.63, 3.8) is 0 Å². The lowest BCUT2D eigenvalue weighted by atomic mass is 9.93. The molecule has 3 heteroatoms. The molecule has 1 amide bonds. The number of carbonyl (C=O) groups excluding carboxylic acids is 1. The van der Waals surface area contributed by atoms with E-state index in [1.54, 1.807) is 0 Å². The maximum absolute atomic E-state index is 11.7. The zero-order chi connectivity index (χ0) is 9.90. The molecule has 1 fully saturated rings. The van der Waals surface area contributed by atoms with E-state index in [-0.39, 0.29) is 11.3 Å². The van der Waals surface area contributed by atoms with Gasteiger partial charge in [-0.1, -0.05) is 13.8 Å². The summed E-state index contributed by atoms with van der Waals surface area (Å²) in [5, 5.41) is 2.88. The second kappa shape index (κ2) is 4.09. The average Bonchev–Trinajstić information content (AvgIpc) is 2.80. The first kappa shape index (κ1) is 10.5. The number of nitrogens with two attached hydrogens (primary N) is 1. The van der Waals surface area contributed by atoms with Crippen molar-refractivity contribution in [2.24, 2.45) is 17.1 Å². The van der Waals surface area contributed by atoms with Crippen LogP contribution in [0.1, 0.15) is 33.1 Å². The molecule has 0 aromatic heterocycles. The molecule has 0 aromatic carbocycles. The topological polar surface area (TPSA) is 55.1 Å². The third-order valence-electron chi connectivity index (χ3n) is 2.56. The van der Waals surface area contributed by atoms with Crippen LogP contribution in [0.3, 0.4) is 0 Å². The van der Waals surface area contributed by atoms with Gasteiger partial charge in [0.1, 0.15) is 0 Å². The lowest BCUT2D eigenvalue weighted by Gasteiger charge is -2.16. The van der Waals surface area contributed by atoms with Crippen LogP contribution in [0.15, 0.2) is 0 Å². The van der Waals surface area contributed by atoms with Crippen LogP contribution in [0.25, 0.3) is 0 Å². The molecule has 0 aliphatic heterocycles. The van der Waals surface area contributed by atoms with E-state index < -0.39 is 0 Å². The molecular formula is C10H20N2O. The molecule has 0 saturated heterocycles.